The van der Waals surface area contributed by atoms with Crippen LogP contribution in [0, 0.1) is 0 Å². The van der Waals surface area contributed by atoms with Crippen LogP contribution in [0.3, 0.4) is 0 Å². The molecule has 2 aliphatic rings. The van der Waals surface area contributed by atoms with Gasteiger partial charge in [-0.25, -0.2) is 0 Å². The van der Waals surface area contributed by atoms with E-state index in [4.69, 9.17) is 0 Å². The number of likely N-dealkylation sites (N-methyl/N-ethyl adjacent to an activating group) is 1. The first-order valence-corrected chi connectivity index (χ1v) is 10.6. The van der Waals surface area contributed by atoms with Gasteiger partial charge in [-0.1, -0.05) is 13.0 Å². The summed E-state index contributed by atoms with van der Waals surface area (Å²) >= 11 is 1.36. The number of rotatable bonds is 3. The molecule has 9 heteroatoms. The van der Waals surface area contributed by atoms with Crippen molar-refractivity contribution < 1.29 is 19.2 Å². The van der Waals surface area contributed by atoms with Gasteiger partial charge >= 0.3 is 0 Å². The molecule has 156 valence electrons. The number of amides is 4. The van der Waals surface area contributed by atoms with Crippen LogP contribution in [-0.4, -0.2) is 53.6 Å². The van der Waals surface area contributed by atoms with E-state index >= 15 is 0 Å². The van der Waals surface area contributed by atoms with Gasteiger partial charge in [-0.3, -0.25) is 19.2 Å². The molecule has 0 fully saturated rings. The SMILES string of the molecule is CCC(=O)Nc1cccc(C(=O)N2CCc3c(sc4c3C(=O)N(C)CC(=O)N4)C2)c1. The standard InChI is InChI=1S/C21H22N4O4S/c1-3-16(26)22-13-6-4-5-12(9-13)20(28)25-8-7-14-15(10-25)30-19-18(14)21(29)24(2)11-17(27)23-19/h4-6,9H,3,7-8,10-11H2,1-2H3,(H,22,26)(H,23,27). The molecule has 0 saturated heterocycles. The first kappa shape index (κ1) is 20.1. The summed E-state index contributed by atoms with van der Waals surface area (Å²) in [4.78, 5) is 53.5. The molecule has 0 radical (unpaired) electrons. The molecule has 1 aromatic heterocycles. The van der Waals surface area contributed by atoms with E-state index in [1.165, 1.54) is 16.2 Å². The van der Waals surface area contributed by atoms with Crippen molar-refractivity contribution >= 4 is 45.7 Å². The first-order chi connectivity index (χ1) is 14.4. The fraction of sp³-hybridized carbons (Fsp3) is 0.333. The zero-order valence-electron chi connectivity index (χ0n) is 16.8. The Morgan fingerprint density at radius 3 is 2.80 bits per heavy atom. The molecule has 0 bridgehead atoms. The molecule has 2 aliphatic heterocycles. The van der Waals surface area contributed by atoms with E-state index in [-0.39, 0.29) is 30.2 Å². The number of hydrogen-bond acceptors (Lipinski definition) is 5. The second kappa shape index (κ2) is 7.91. The summed E-state index contributed by atoms with van der Waals surface area (Å²) in [6.45, 7) is 2.66. The molecule has 2 N–H and O–H groups in total. The van der Waals surface area contributed by atoms with Gasteiger partial charge in [-0.15, -0.1) is 11.3 Å². The highest BCUT2D eigenvalue weighted by molar-refractivity contribution is 7.17. The van der Waals surface area contributed by atoms with Gasteiger partial charge < -0.3 is 20.4 Å². The Morgan fingerprint density at radius 2 is 2.03 bits per heavy atom. The number of carbonyl (C=O) groups is 4. The van der Waals surface area contributed by atoms with E-state index in [1.54, 1.807) is 43.1 Å². The van der Waals surface area contributed by atoms with Gasteiger partial charge in [0, 0.05) is 36.1 Å². The molecule has 3 heterocycles. The number of fused-ring (bicyclic) bond motifs is 3. The highest BCUT2D eigenvalue weighted by atomic mass is 32.1. The van der Waals surface area contributed by atoms with Crippen LogP contribution < -0.4 is 10.6 Å². The number of hydrogen-bond donors (Lipinski definition) is 2. The Kier molecular flexibility index (Phi) is 5.29. The number of nitrogens with zero attached hydrogens (tertiary/aromatic N) is 2. The monoisotopic (exact) mass is 426 g/mol. The molecule has 4 amide bonds. The van der Waals surface area contributed by atoms with Crippen molar-refractivity contribution in [2.75, 3.05) is 30.8 Å². The molecule has 2 aromatic rings. The second-order valence-electron chi connectivity index (χ2n) is 7.38. The lowest BCUT2D eigenvalue weighted by molar-refractivity contribution is -0.117. The molecular formula is C21H22N4O4S. The quantitative estimate of drug-likeness (QED) is 0.787. The molecule has 4 rings (SSSR count). The lowest BCUT2D eigenvalue weighted by atomic mass is 10.0. The molecule has 0 saturated carbocycles. The molecule has 30 heavy (non-hydrogen) atoms. The van der Waals surface area contributed by atoms with Crippen molar-refractivity contribution in [1.82, 2.24) is 9.80 Å². The zero-order chi connectivity index (χ0) is 21.4. The van der Waals surface area contributed by atoms with Crippen molar-refractivity contribution in [1.29, 1.82) is 0 Å². The lowest BCUT2D eigenvalue weighted by Gasteiger charge is -2.28. The van der Waals surface area contributed by atoms with Crippen molar-refractivity contribution in [3.63, 3.8) is 0 Å². The molecule has 1 aromatic carbocycles. The van der Waals surface area contributed by atoms with Gasteiger partial charge in [-0.2, -0.15) is 0 Å². The average Bonchev–Trinajstić information content (AvgIpc) is 3.04. The number of nitrogens with one attached hydrogen (secondary N) is 2. The van der Waals surface area contributed by atoms with E-state index in [9.17, 15) is 19.2 Å². The van der Waals surface area contributed by atoms with E-state index in [0.29, 0.717) is 47.7 Å². The molecule has 8 nitrogen and oxygen atoms in total. The Hall–Kier alpha value is -3.20. The molecule has 0 unspecified atom stereocenters. The Labute approximate surface area is 177 Å². The smallest absolute Gasteiger partial charge is 0.257 e. The van der Waals surface area contributed by atoms with Crippen LogP contribution in [0.15, 0.2) is 24.3 Å². The normalized spacial score (nSPS) is 15.8. The van der Waals surface area contributed by atoms with Gasteiger partial charge in [0.2, 0.25) is 11.8 Å². The summed E-state index contributed by atoms with van der Waals surface area (Å²) in [5.41, 5.74) is 2.56. The summed E-state index contributed by atoms with van der Waals surface area (Å²) in [5, 5.41) is 6.16. The van der Waals surface area contributed by atoms with Crippen molar-refractivity contribution in [3.05, 3.63) is 45.8 Å². The van der Waals surface area contributed by atoms with Crippen LogP contribution in [0.2, 0.25) is 0 Å². The zero-order valence-corrected chi connectivity index (χ0v) is 17.6. The van der Waals surface area contributed by atoms with Crippen molar-refractivity contribution in [2.45, 2.75) is 26.3 Å². The molecular weight excluding hydrogens is 404 g/mol. The predicted molar refractivity (Wildman–Crippen MR) is 114 cm³/mol. The third kappa shape index (κ3) is 3.68. The fourth-order valence-electron chi connectivity index (χ4n) is 3.70. The Balaban J connectivity index is 1.57. The number of thiophene rings is 1. The maximum absolute atomic E-state index is 13.1. The van der Waals surface area contributed by atoms with Crippen LogP contribution >= 0.6 is 11.3 Å². The lowest BCUT2D eigenvalue weighted by Crippen LogP contribution is -2.36. The molecule has 0 spiro atoms. The summed E-state index contributed by atoms with van der Waals surface area (Å²) in [6.07, 6.45) is 0.912. The third-order valence-corrected chi connectivity index (χ3v) is 6.38. The fourth-order valence-corrected chi connectivity index (χ4v) is 4.97. The van der Waals surface area contributed by atoms with E-state index < -0.39 is 0 Å². The van der Waals surface area contributed by atoms with E-state index in [0.717, 1.165) is 10.4 Å². The summed E-state index contributed by atoms with van der Waals surface area (Å²) in [7, 11) is 1.62. The van der Waals surface area contributed by atoms with Gasteiger partial charge in [0.1, 0.15) is 5.00 Å². The number of carbonyl (C=O) groups excluding carboxylic acids is 4. The highest BCUT2D eigenvalue weighted by Gasteiger charge is 2.34. The van der Waals surface area contributed by atoms with Gasteiger partial charge in [0.05, 0.1) is 18.7 Å². The largest absolute Gasteiger partial charge is 0.333 e. The summed E-state index contributed by atoms with van der Waals surface area (Å²) in [6, 6.07) is 6.89. The van der Waals surface area contributed by atoms with Crippen molar-refractivity contribution in [2.24, 2.45) is 0 Å². The number of benzene rings is 1. The minimum Gasteiger partial charge on any atom is -0.333 e. The average molecular weight is 426 g/mol. The van der Waals surface area contributed by atoms with Gasteiger partial charge in [0.15, 0.2) is 0 Å². The highest BCUT2D eigenvalue weighted by Crippen LogP contribution is 2.39. The van der Waals surface area contributed by atoms with Gasteiger partial charge in [0.25, 0.3) is 11.8 Å². The second-order valence-corrected chi connectivity index (χ2v) is 8.48. The maximum Gasteiger partial charge on any atom is 0.257 e. The van der Waals surface area contributed by atoms with Gasteiger partial charge in [-0.05, 0) is 30.2 Å². The summed E-state index contributed by atoms with van der Waals surface area (Å²) < 4.78 is 0. The van der Waals surface area contributed by atoms with Crippen molar-refractivity contribution in [3.8, 4) is 0 Å². The van der Waals surface area contributed by atoms with E-state index in [2.05, 4.69) is 10.6 Å². The van der Waals surface area contributed by atoms with Crippen LogP contribution in [0.4, 0.5) is 10.7 Å². The summed E-state index contributed by atoms with van der Waals surface area (Å²) in [5.74, 6) is -0.634. The van der Waals surface area contributed by atoms with Crippen LogP contribution in [0.1, 0.15) is 44.5 Å². The predicted octanol–water partition coefficient (Wildman–Crippen LogP) is 2.32. The van der Waals surface area contributed by atoms with Crippen LogP contribution in [-0.2, 0) is 22.6 Å². The van der Waals surface area contributed by atoms with E-state index in [1.807, 2.05) is 0 Å². The maximum atomic E-state index is 13.1. The molecule has 0 atom stereocenters. The molecule has 0 aliphatic carbocycles. The first-order valence-electron chi connectivity index (χ1n) is 9.76. The van der Waals surface area contributed by atoms with Crippen LogP contribution in [0.25, 0.3) is 0 Å². The third-order valence-electron chi connectivity index (χ3n) is 5.25. The Bertz CT molecular complexity index is 1060. The number of anilines is 2. The topological polar surface area (TPSA) is 98.8 Å². The minimum atomic E-state index is -0.220. The van der Waals surface area contributed by atoms with Crippen LogP contribution in [0.5, 0.6) is 0 Å². The minimum absolute atomic E-state index is 0.0323. The Morgan fingerprint density at radius 1 is 1.23 bits per heavy atom.